The topological polar surface area (TPSA) is 37.4 Å². The maximum Gasteiger partial charge on any atom is 0.273 e. The van der Waals surface area contributed by atoms with Gasteiger partial charge in [-0.2, -0.15) is 0 Å². The molecule has 0 bridgehead atoms. The quantitative estimate of drug-likeness (QED) is 0.791. The molecular formula is C19H15ClFNO2. The standard InChI is InChI=1S/C19H15ClFNO2/c1-11-3-6-14(9-12(11)2)16-17(20)19(24)22(18(16)23)10-13-4-7-15(21)8-5-13/h3-9H,10H2,1-2H3. The Morgan fingerprint density at radius 3 is 2.25 bits per heavy atom. The molecule has 3 nitrogen and oxygen atoms in total. The van der Waals surface area contributed by atoms with Gasteiger partial charge in [-0.1, -0.05) is 41.9 Å². The maximum absolute atomic E-state index is 13.0. The Morgan fingerprint density at radius 2 is 1.62 bits per heavy atom. The van der Waals surface area contributed by atoms with Crippen LogP contribution in [0.5, 0.6) is 0 Å². The summed E-state index contributed by atoms with van der Waals surface area (Å²) in [4.78, 5) is 26.1. The van der Waals surface area contributed by atoms with E-state index in [1.807, 2.05) is 26.0 Å². The van der Waals surface area contributed by atoms with Crippen LogP contribution in [0.1, 0.15) is 22.3 Å². The number of imide groups is 1. The number of aryl methyl sites for hydroxylation is 2. The van der Waals surface area contributed by atoms with E-state index in [-0.39, 0.29) is 23.0 Å². The highest BCUT2D eigenvalue weighted by Gasteiger charge is 2.38. The number of hydrogen-bond donors (Lipinski definition) is 0. The molecule has 0 N–H and O–H groups in total. The first-order chi connectivity index (χ1) is 11.4. The van der Waals surface area contributed by atoms with Crippen molar-refractivity contribution in [3.05, 3.63) is 75.6 Å². The average molecular weight is 344 g/mol. The lowest BCUT2D eigenvalue weighted by Crippen LogP contribution is -2.30. The number of hydrogen-bond acceptors (Lipinski definition) is 2. The number of amides is 2. The second-order valence-corrected chi connectivity index (χ2v) is 6.19. The molecule has 2 amide bonds. The predicted molar refractivity (Wildman–Crippen MR) is 90.6 cm³/mol. The molecule has 122 valence electrons. The van der Waals surface area contributed by atoms with Gasteiger partial charge in [0, 0.05) is 0 Å². The smallest absolute Gasteiger partial charge is 0.269 e. The van der Waals surface area contributed by atoms with Crippen molar-refractivity contribution in [2.45, 2.75) is 20.4 Å². The summed E-state index contributed by atoms with van der Waals surface area (Å²) in [5.74, 6) is -1.33. The van der Waals surface area contributed by atoms with E-state index in [4.69, 9.17) is 11.6 Å². The molecule has 0 unspecified atom stereocenters. The van der Waals surface area contributed by atoms with E-state index in [0.29, 0.717) is 11.1 Å². The molecule has 0 saturated heterocycles. The Labute approximate surface area is 144 Å². The van der Waals surface area contributed by atoms with Crippen molar-refractivity contribution >= 4 is 29.0 Å². The van der Waals surface area contributed by atoms with Gasteiger partial charge in [-0.05, 0) is 48.2 Å². The lowest BCUT2D eigenvalue weighted by atomic mass is 10.0. The van der Waals surface area contributed by atoms with Crippen LogP contribution in [0.2, 0.25) is 0 Å². The molecular weight excluding hydrogens is 329 g/mol. The Kier molecular flexibility index (Phi) is 4.24. The lowest BCUT2D eigenvalue weighted by Gasteiger charge is -2.15. The van der Waals surface area contributed by atoms with Crippen LogP contribution in [-0.2, 0) is 16.1 Å². The van der Waals surface area contributed by atoms with Gasteiger partial charge in [-0.15, -0.1) is 0 Å². The van der Waals surface area contributed by atoms with Gasteiger partial charge in [0.05, 0.1) is 12.1 Å². The van der Waals surface area contributed by atoms with Crippen LogP contribution in [0.3, 0.4) is 0 Å². The summed E-state index contributed by atoms with van der Waals surface area (Å²) < 4.78 is 13.0. The normalized spacial score (nSPS) is 14.8. The minimum absolute atomic E-state index is 0.0580. The van der Waals surface area contributed by atoms with Crippen LogP contribution in [0, 0.1) is 19.7 Å². The third kappa shape index (κ3) is 2.85. The van der Waals surface area contributed by atoms with Crippen molar-refractivity contribution in [2.75, 3.05) is 0 Å². The minimum atomic E-state index is -0.529. The highest BCUT2D eigenvalue weighted by Crippen LogP contribution is 2.33. The average Bonchev–Trinajstić information content (AvgIpc) is 2.76. The molecule has 0 aliphatic carbocycles. The SMILES string of the molecule is Cc1ccc(C2=C(Cl)C(=O)N(Cc3ccc(F)cc3)C2=O)cc1C. The molecule has 0 aromatic heterocycles. The first kappa shape index (κ1) is 16.4. The zero-order valence-corrected chi connectivity index (χ0v) is 14.0. The van der Waals surface area contributed by atoms with E-state index in [1.165, 1.54) is 24.3 Å². The molecule has 1 aliphatic heterocycles. The largest absolute Gasteiger partial charge is 0.273 e. The molecule has 1 aliphatic rings. The second-order valence-electron chi connectivity index (χ2n) is 5.81. The van der Waals surface area contributed by atoms with Crippen LogP contribution in [0.15, 0.2) is 47.5 Å². The van der Waals surface area contributed by atoms with E-state index in [9.17, 15) is 14.0 Å². The van der Waals surface area contributed by atoms with Gasteiger partial charge < -0.3 is 0 Å². The van der Waals surface area contributed by atoms with Gasteiger partial charge in [0.15, 0.2) is 0 Å². The van der Waals surface area contributed by atoms with Crippen LogP contribution < -0.4 is 0 Å². The second kappa shape index (κ2) is 6.21. The molecule has 0 spiro atoms. The molecule has 0 fully saturated rings. The highest BCUT2D eigenvalue weighted by molar-refractivity contribution is 6.55. The third-order valence-corrected chi connectivity index (χ3v) is 4.51. The number of rotatable bonds is 3. The minimum Gasteiger partial charge on any atom is -0.269 e. The molecule has 24 heavy (non-hydrogen) atoms. The van der Waals surface area contributed by atoms with Gasteiger partial charge in [-0.25, -0.2) is 4.39 Å². The van der Waals surface area contributed by atoms with Gasteiger partial charge >= 0.3 is 0 Å². The summed E-state index contributed by atoms with van der Waals surface area (Å²) in [7, 11) is 0. The van der Waals surface area contributed by atoms with Gasteiger partial charge in [0.1, 0.15) is 10.8 Å². The van der Waals surface area contributed by atoms with Crippen LogP contribution in [0.25, 0.3) is 5.57 Å². The summed E-state index contributed by atoms with van der Waals surface area (Å²) in [6, 6.07) is 11.2. The Bertz CT molecular complexity index is 871. The predicted octanol–water partition coefficient (Wildman–Crippen LogP) is 3.96. The van der Waals surface area contributed by atoms with E-state index < -0.39 is 11.8 Å². The van der Waals surface area contributed by atoms with E-state index >= 15 is 0 Å². The molecule has 2 aromatic carbocycles. The molecule has 5 heteroatoms. The van der Waals surface area contributed by atoms with Crippen molar-refractivity contribution in [1.82, 2.24) is 4.90 Å². The van der Waals surface area contributed by atoms with Crippen LogP contribution in [-0.4, -0.2) is 16.7 Å². The lowest BCUT2D eigenvalue weighted by molar-refractivity contribution is -0.137. The fraction of sp³-hybridized carbons (Fsp3) is 0.158. The van der Waals surface area contributed by atoms with E-state index in [1.54, 1.807) is 6.07 Å². The number of halogens is 2. The molecule has 2 aromatic rings. The third-order valence-electron chi connectivity index (χ3n) is 4.16. The molecule has 1 heterocycles. The Balaban J connectivity index is 1.92. The summed E-state index contributed by atoms with van der Waals surface area (Å²) >= 11 is 6.14. The monoisotopic (exact) mass is 343 g/mol. The summed E-state index contributed by atoms with van der Waals surface area (Å²) in [6.45, 7) is 3.96. The fourth-order valence-electron chi connectivity index (χ4n) is 2.61. The Hall–Kier alpha value is -2.46. The first-order valence-corrected chi connectivity index (χ1v) is 7.84. The van der Waals surface area contributed by atoms with Crippen molar-refractivity contribution in [2.24, 2.45) is 0 Å². The molecule has 3 rings (SSSR count). The van der Waals surface area contributed by atoms with Crippen LogP contribution in [0.4, 0.5) is 4.39 Å². The Morgan fingerprint density at radius 1 is 0.958 bits per heavy atom. The number of nitrogens with zero attached hydrogens (tertiary/aromatic N) is 1. The fourth-order valence-corrected chi connectivity index (χ4v) is 2.90. The zero-order chi connectivity index (χ0) is 17.4. The van der Waals surface area contributed by atoms with Crippen molar-refractivity contribution in [1.29, 1.82) is 0 Å². The summed E-state index contributed by atoms with van der Waals surface area (Å²) in [5.41, 5.74) is 3.61. The zero-order valence-electron chi connectivity index (χ0n) is 13.3. The van der Waals surface area contributed by atoms with Gasteiger partial charge in [0.25, 0.3) is 11.8 Å². The van der Waals surface area contributed by atoms with E-state index in [0.717, 1.165) is 16.0 Å². The number of benzene rings is 2. The summed E-state index contributed by atoms with van der Waals surface area (Å²) in [6.07, 6.45) is 0. The summed E-state index contributed by atoms with van der Waals surface area (Å²) in [5, 5.41) is -0.0784. The highest BCUT2D eigenvalue weighted by atomic mass is 35.5. The van der Waals surface area contributed by atoms with Crippen molar-refractivity contribution in [3.63, 3.8) is 0 Å². The van der Waals surface area contributed by atoms with Gasteiger partial charge in [-0.3, -0.25) is 14.5 Å². The molecule has 0 saturated carbocycles. The molecule has 0 radical (unpaired) electrons. The number of carbonyl (C=O) groups is 2. The molecule has 0 atom stereocenters. The van der Waals surface area contributed by atoms with Gasteiger partial charge in [0.2, 0.25) is 0 Å². The van der Waals surface area contributed by atoms with E-state index in [2.05, 4.69) is 0 Å². The first-order valence-electron chi connectivity index (χ1n) is 7.46. The van der Waals surface area contributed by atoms with Crippen molar-refractivity contribution < 1.29 is 14.0 Å². The van der Waals surface area contributed by atoms with Crippen molar-refractivity contribution in [3.8, 4) is 0 Å². The maximum atomic E-state index is 13.0. The van der Waals surface area contributed by atoms with Crippen LogP contribution >= 0.6 is 11.6 Å². The number of carbonyl (C=O) groups excluding carboxylic acids is 2.